The molecule has 0 spiro atoms. The van der Waals surface area contributed by atoms with Crippen LogP contribution in [0.15, 0.2) is 25.3 Å². The Morgan fingerprint density at radius 1 is 0.938 bits per heavy atom. The molecule has 90 valence electrons. The van der Waals surface area contributed by atoms with Gasteiger partial charge >= 0.3 is 0 Å². The summed E-state index contributed by atoms with van der Waals surface area (Å²) in [7, 11) is 0. The number of hydrogen-bond acceptors (Lipinski definition) is 4. The van der Waals surface area contributed by atoms with Crippen LogP contribution in [0.5, 0.6) is 0 Å². The first-order valence-corrected chi connectivity index (χ1v) is 5.36. The number of carbonyl (C=O) groups excluding carboxylic acids is 2. The van der Waals surface area contributed by atoms with Gasteiger partial charge in [-0.2, -0.15) is 0 Å². The Hall–Kier alpha value is -1.26. The highest BCUT2D eigenvalue weighted by atomic mass is 16.1. The van der Waals surface area contributed by atoms with Crippen LogP contribution in [-0.4, -0.2) is 23.7 Å². The van der Waals surface area contributed by atoms with E-state index in [9.17, 15) is 9.59 Å². The van der Waals surface area contributed by atoms with Crippen molar-refractivity contribution in [2.45, 2.75) is 37.8 Å². The number of carbonyl (C=O) groups is 2. The van der Waals surface area contributed by atoms with Gasteiger partial charge < -0.3 is 11.5 Å². The quantitative estimate of drug-likeness (QED) is 0.446. The summed E-state index contributed by atoms with van der Waals surface area (Å²) in [5.74, 6) is -0.294. The van der Waals surface area contributed by atoms with Gasteiger partial charge in [0.25, 0.3) is 0 Å². The van der Waals surface area contributed by atoms with E-state index in [-0.39, 0.29) is 11.6 Å². The van der Waals surface area contributed by atoms with Crippen molar-refractivity contribution in [1.82, 2.24) is 0 Å². The second-order valence-electron chi connectivity index (χ2n) is 3.71. The molecule has 0 aromatic carbocycles. The topological polar surface area (TPSA) is 86.2 Å². The molecule has 4 heteroatoms. The van der Waals surface area contributed by atoms with Gasteiger partial charge in [0.1, 0.15) is 0 Å². The zero-order chi connectivity index (χ0) is 12.6. The summed E-state index contributed by atoms with van der Waals surface area (Å²) in [5.41, 5.74) is 11.2. The van der Waals surface area contributed by atoms with Crippen molar-refractivity contribution in [3.8, 4) is 0 Å². The van der Waals surface area contributed by atoms with Gasteiger partial charge in [-0.1, -0.05) is 26.0 Å². The van der Waals surface area contributed by atoms with Crippen molar-refractivity contribution in [3.05, 3.63) is 25.3 Å². The minimum Gasteiger partial charge on any atom is -0.321 e. The number of unbranched alkanes of at least 4 members (excludes halogenated alkanes) is 1. The fourth-order valence-corrected chi connectivity index (χ4v) is 1.32. The van der Waals surface area contributed by atoms with Gasteiger partial charge in [-0.25, -0.2) is 0 Å². The summed E-state index contributed by atoms with van der Waals surface area (Å²) in [6.07, 6.45) is 5.22. The predicted octanol–water partition coefficient (Wildman–Crippen LogP) is 0.712. The number of hydrogen-bond donors (Lipinski definition) is 2. The van der Waals surface area contributed by atoms with E-state index in [2.05, 4.69) is 13.2 Å². The minimum atomic E-state index is -0.483. The normalized spacial score (nSPS) is 13.9. The van der Waals surface area contributed by atoms with E-state index in [0.29, 0.717) is 12.8 Å². The summed E-state index contributed by atoms with van der Waals surface area (Å²) in [6.45, 7) is 6.73. The van der Waals surface area contributed by atoms with Gasteiger partial charge in [-0.05, 0) is 25.0 Å². The SMILES string of the molecule is C=CC(=O)C(N)CCCCC(N)C(=O)C=C. The average molecular weight is 224 g/mol. The maximum Gasteiger partial charge on any atom is 0.171 e. The molecule has 0 aromatic heterocycles. The van der Waals surface area contributed by atoms with Crippen molar-refractivity contribution in [2.75, 3.05) is 0 Å². The van der Waals surface area contributed by atoms with Gasteiger partial charge in [-0.15, -0.1) is 0 Å². The van der Waals surface area contributed by atoms with Gasteiger partial charge in [0.05, 0.1) is 12.1 Å². The van der Waals surface area contributed by atoms with Crippen LogP contribution >= 0.6 is 0 Å². The van der Waals surface area contributed by atoms with E-state index < -0.39 is 12.1 Å². The lowest BCUT2D eigenvalue weighted by Gasteiger charge is -2.09. The molecule has 2 unspecified atom stereocenters. The molecular formula is C12H20N2O2. The molecule has 16 heavy (non-hydrogen) atoms. The van der Waals surface area contributed by atoms with Crippen LogP contribution in [0.25, 0.3) is 0 Å². The third-order valence-corrected chi connectivity index (χ3v) is 2.41. The van der Waals surface area contributed by atoms with Crippen LogP contribution < -0.4 is 11.5 Å². The lowest BCUT2D eigenvalue weighted by atomic mass is 10.0. The van der Waals surface area contributed by atoms with Crippen LogP contribution in [0.4, 0.5) is 0 Å². The molecule has 0 saturated carbocycles. The highest BCUT2D eigenvalue weighted by molar-refractivity contribution is 5.93. The Kier molecular flexibility index (Phi) is 7.33. The van der Waals surface area contributed by atoms with E-state index in [1.807, 2.05) is 0 Å². The lowest BCUT2D eigenvalue weighted by Crippen LogP contribution is -2.30. The van der Waals surface area contributed by atoms with Crippen LogP contribution in [0.1, 0.15) is 25.7 Å². The third kappa shape index (κ3) is 5.58. The molecule has 4 nitrogen and oxygen atoms in total. The maximum atomic E-state index is 11.1. The Balaban J connectivity index is 3.68. The second-order valence-corrected chi connectivity index (χ2v) is 3.71. The molecule has 0 bridgehead atoms. The van der Waals surface area contributed by atoms with Crippen LogP contribution in [0.3, 0.4) is 0 Å². The van der Waals surface area contributed by atoms with E-state index in [4.69, 9.17) is 11.5 Å². The maximum absolute atomic E-state index is 11.1. The summed E-state index contributed by atoms with van der Waals surface area (Å²) in [4.78, 5) is 22.1. The highest BCUT2D eigenvalue weighted by Crippen LogP contribution is 2.06. The van der Waals surface area contributed by atoms with E-state index >= 15 is 0 Å². The van der Waals surface area contributed by atoms with Crippen molar-refractivity contribution in [1.29, 1.82) is 0 Å². The lowest BCUT2D eigenvalue weighted by molar-refractivity contribution is -0.116. The highest BCUT2D eigenvalue weighted by Gasteiger charge is 2.11. The van der Waals surface area contributed by atoms with E-state index in [1.165, 1.54) is 12.2 Å². The fourth-order valence-electron chi connectivity index (χ4n) is 1.32. The molecule has 0 radical (unpaired) electrons. The first-order chi connectivity index (χ1) is 7.52. The first kappa shape index (κ1) is 14.7. The predicted molar refractivity (Wildman–Crippen MR) is 64.8 cm³/mol. The zero-order valence-corrected chi connectivity index (χ0v) is 9.52. The standard InChI is InChI=1S/C12H20N2O2/c1-3-11(15)9(13)7-5-6-8-10(14)12(16)4-2/h3-4,9-10H,1-2,5-8,13-14H2. The van der Waals surface area contributed by atoms with Crippen LogP contribution in [0, 0.1) is 0 Å². The van der Waals surface area contributed by atoms with Gasteiger partial charge in [0.15, 0.2) is 11.6 Å². The molecule has 0 heterocycles. The molecule has 0 rings (SSSR count). The van der Waals surface area contributed by atoms with Gasteiger partial charge in [0, 0.05) is 0 Å². The van der Waals surface area contributed by atoms with Crippen molar-refractivity contribution >= 4 is 11.6 Å². The Morgan fingerprint density at radius 2 is 1.25 bits per heavy atom. The fraction of sp³-hybridized carbons (Fsp3) is 0.500. The zero-order valence-electron chi connectivity index (χ0n) is 9.52. The Morgan fingerprint density at radius 3 is 1.50 bits per heavy atom. The molecule has 0 aliphatic carbocycles. The van der Waals surface area contributed by atoms with Crippen LogP contribution in [-0.2, 0) is 9.59 Å². The summed E-state index contributed by atoms with van der Waals surface area (Å²) < 4.78 is 0. The molecule has 4 N–H and O–H groups in total. The van der Waals surface area contributed by atoms with Gasteiger partial charge in [0.2, 0.25) is 0 Å². The number of ketones is 2. The summed E-state index contributed by atoms with van der Waals surface area (Å²) >= 11 is 0. The summed E-state index contributed by atoms with van der Waals surface area (Å²) in [5, 5.41) is 0. The van der Waals surface area contributed by atoms with Crippen molar-refractivity contribution in [3.63, 3.8) is 0 Å². The Labute approximate surface area is 96.4 Å². The van der Waals surface area contributed by atoms with Crippen molar-refractivity contribution in [2.24, 2.45) is 11.5 Å². The largest absolute Gasteiger partial charge is 0.321 e. The molecule has 0 aromatic rings. The molecule has 0 aliphatic rings. The number of nitrogens with two attached hydrogens (primary N) is 2. The minimum absolute atomic E-state index is 0.147. The summed E-state index contributed by atoms with van der Waals surface area (Å²) in [6, 6.07) is -0.965. The molecule has 2 atom stereocenters. The molecule has 0 saturated heterocycles. The first-order valence-electron chi connectivity index (χ1n) is 5.36. The average Bonchev–Trinajstić information content (AvgIpc) is 2.31. The number of rotatable bonds is 9. The second kappa shape index (κ2) is 7.96. The molecule has 0 fully saturated rings. The van der Waals surface area contributed by atoms with Crippen molar-refractivity contribution < 1.29 is 9.59 Å². The van der Waals surface area contributed by atoms with Crippen LogP contribution in [0.2, 0.25) is 0 Å². The third-order valence-electron chi connectivity index (χ3n) is 2.41. The molecular weight excluding hydrogens is 204 g/mol. The smallest absolute Gasteiger partial charge is 0.171 e. The monoisotopic (exact) mass is 224 g/mol. The van der Waals surface area contributed by atoms with E-state index in [1.54, 1.807) is 0 Å². The Bertz CT molecular complexity index is 246. The van der Waals surface area contributed by atoms with Gasteiger partial charge in [-0.3, -0.25) is 9.59 Å². The van der Waals surface area contributed by atoms with E-state index in [0.717, 1.165) is 12.8 Å². The molecule has 0 amide bonds. The molecule has 0 aliphatic heterocycles.